The molecule has 1 unspecified atom stereocenters. The van der Waals surface area contributed by atoms with Gasteiger partial charge in [-0.25, -0.2) is 13.2 Å². The van der Waals surface area contributed by atoms with Crippen molar-refractivity contribution in [3.8, 4) is 0 Å². The van der Waals surface area contributed by atoms with Crippen molar-refractivity contribution in [2.75, 3.05) is 7.11 Å². The Hall–Kier alpha value is -4.09. The molecule has 1 aliphatic rings. The molecule has 188 valence electrons. The second-order valence-corrected chi connectivity index (χ2v) is 7.93. The quantitative estimate of drug-likeness (QED) is 0.217. The summed E-state index contributed by atoms with van der Waals surface area (Å²) in [6.07, 6.45) is -4.80. The summed E-state index contributed by atoms with van der Waals surface area (Å²) in [5.41, 5.74) is 1.72. The lowest BCUT2D eigenvalue weighted by atomic mass is 9.84. The molecule has 0 fully saturated rings. The van der Waals surface area contributed by atoms with Crippen LogP contribution in [0.15, 0.2) is 52.8 Å². The van der Waals surface area contributed by atoms with E-state index in [4.69, 9.17) is 10.6 Å². The van der Waals surface area contributed by atoms with Crippen LogP contribution in [0, 0.1) is 17.5 Å². The molecule has 12 heteroatoms. The first kappa shape index (κ1) is 25.0. The molecule has 1 heterocycles. The zero-order chi connectivity index (χ0) is 26.3. The van der Waals surface area contributed by atoms with Gasteiger partial charge in [-0.2, -0.15) is 13.2 Å². The van der Waals surface area contributed by atoms with Crippen molar-refractivity contribution in [2.45, 2.75) is 24.6 Å². The van der Waals surface area contributed by atoms with Crippen molar-refractivity contribution < 1.29 is 40.8 Å². The molecule has 0 bridgehead atoms. The van der Waals surface area contributed by atoms with Gasteiger partial charge in [0.15, 0.2) is 17.5 Å². The Morgan fingerprint density at radius 1 is 1.17 bits per heavy atom. The van der Waals surface area contributed by atoms with Gasteiger partial charge < -0.3 is 15.4 Å². The van der Waals surface area contributed by atoms with Crippen LogP contribution in [0.4, 0.5) is 26.3 Å². The first-order chi connectivity index (χ1) is 17.0. The highest BCUT2D eigenvalue weighted by molar-refractivity contribution is 6.17. The first-order valence-corrected chi connectivity index (χ1v) is 10.4. The molecule has 0 aliphatic carbocycles. The lowest BCUT2D eigenvalue weighted by Crippen LogP contribution is -2.43. The molecule has 1 amide bonds. The molecule has 0 aromatic heterocycles. The van der Waals surface area contributed by atoms with Crippen LogP contribution in [0.3, 0.4) is 0 Å². The fourth-order valence-electron chi connectivity index (χ4n) is 4.17. The zero-order valence-electron chi connectivity index (χ0n) is 18.5. The van der Waals surface area contributed by atoms with E-state index in [-0.39, 0.29) is 35.4 Å². The van der Waals surface area contributed by atoms with Crippen molar-refractivity contribution in [2.24, 2.45) is 16.0 Å². The summed E-state index contributed by atoms with van der Waals surface area (Å²) < 4.78 is 84.1. The van der Waals surface area contributed by atoms with Gasteiger partial charge in [0.05, 0.1) is 11.3 Å². The lowest BCUT2D eigenvalue weighted by Gasteiger charge is -2.29. The van der Waals surface area contributed by atoms with Crippen LogP contribution in [0.2, 0.25) is 0 Å². The van der Waals surface area contributed by atoms with Crippen molar-refractivity contribution in [3.63, 3.8) is 0 Å². The van der Waals surface area contributed by atoms with E-state index in [1.54, 1.807) is 24.3 Å². The van der Waals surface area contributed by atoms with Gasteiger partial charge in [0.2, 0.25) is 5.91 Å². The Bertz CT molecular complexity index is 1400. The highest BCUT2D eigenvalue weighted by Gasteiger charge is 2.62. The number of fused-ring (bicyclic) bond motifs is 1. The lowest BCUT2D eigenvalue weighted by molar-refractivity contribution is -0.276. The number of halogens is 6. The molecule has 0 radical (unpaired) electrons. The summed E-state index contributed by atoms with van der Waals surface area (Å²) in [7, 11) is 1.31. The van der Waals surface area contributed by atoms with Crippen LogP contribution in [-0.2, 0) is 21.7 Å². The summed E-state index contributed by atoms with van der Waals surface area (Å²) in [4.78, 5) is 21.7. The Labute approximate surface area is 200 Å². The number of carbonyl (C=O) groups excluding carboxylic acids is 1. The standard InChI is InChI=1S/C24H17F6N3O3/c1-35-32-7-6-12-8-16(14-4-2-3-5-15(14)20(12)22(31)34)19-11-23(36-33-19,24(28,29)30)13-9-17(25)21(27)18(26)10-13/h2-5,7-10H,6,11H2,1H3,(H2,31,34). The van der Waals surface area contributed by atoms with Crippen LogP contribution in [0.25, 0.3) is 10.8 Å². The molecule has 6 nitrogen and oxygen atoms in total. The van der Waals surface area contributed by atoms with Crippen molar-refractivity contribution >= 4 is 28.6 Å². The SMILES string of the molecule is CON=CCc1cc(C2=NOC(c3cc(F)c(F)c(F)c3)(C(F)(F)F)C2)c2ccccc2c1C(N)=O. The average molecular weight is 509 g/mol. The van der Waals surface area contributed by atoms with E-state index in [9.17, 15) is 31.1 Å². The van der Waals surface area contributed by atoms with Gasteiger partial charge in [0.1, 0.15) is 7.11 Å². The third-order valence-corrected chi connectivity index (χ3v) is 5.81. The fraction of sp³-hybridized carbons (Fsp3) is 0.208. The minimum absolute atomic E-state index is 0.0386. The van der Waals surface area contributed by atoms with Crippen LogP contribution in [0.1, 0.15) is 33.5 Å². The smallest absolute Gasteiger partial charge is 0.399 e. The number of hydrogen-bond acceptors (Lipinski definition) is 5. The van der Waals surface area contributed by atoms with Crippen LogP contribution < -0.4 is 5.73 Å². The number of nitrogens with two attached hydrogens (primary N) is 1. The maximum absolute atomic E-state index is 14.3. The maximum atomic E-state index is 14.3. The fourth-order valence-corrected chi connectivity index (χ4v) is 4.17. The van der Waals surface area contributed by atoms with Crippen LogP contribution >= 0.6 is 0 Å². The van der Waals surface area contributed by atoms with Crippen molar-refractivity contribution in [3.05, 3.63) is 82.2 Å². The van der Waals surface area contributed by atoms with E-state index < -0.39 is 47.1 Å². The summed E-state index contributed by atoms with van der Waals surface area (Å²) in [5, 5.41) is 7.93. The maximum Gasteiger partial charge on any atom is 0.435 e. The number of benzene rings is 3. The van der Waals surface area contributed by atoms with Gasteiger partial charge in [-0.1, -0.05) is 34.6 Å². The third kappa shape index (κ3) is 4.12. The Kier molecular flexibility index (Phi) is 6.37. The summed E-state index contributed by atoms with van der Waals surface area (Å²) >= 11 is 0. The topological polar surface area (TPSA) is 86.3 Å². The Morgan fingerprint density at radius 2 is 1.81 bits per heavy atom. The van der Waals surface area contributed by atoms with Gasteiger partial charge in [-0.3, -0.25) is 4.79 Å². The molecular weight excluding hydrogens is 492 g/mol. The Morgan fingerprint density at radius 3 is 2.39 bits per heavy atom. The molecule has 36 heavy (non-hydrogen) atoms. The molecule has 1 aliphatic heterocycles. The predicted octanol–water partition coefficient (Wildman–Crippen LogP) is 5.11. The van der Waals surface area contributed by atoms with E-state index in [2.05, 4.69) is 15.1 Å². The summed E-state index contributed by atoms with van der Waals surface area (Å²) in [5.74, 6) is -6.29. The van der Waals surface area contributed by atoms with Crippen molar-refractivity contribution in [1.82, 2.24) is 0 Å². The Balaban J connectivity index is 1.89. The predicted molar refractivity (Wildman–Crippen MR) is 118 cm³/mol. The van der Waals surface area contributed by atoms with E-state index in [1.165, 1.54) is 19.4 Å². The molecule has 0 saturated carbocycles. The molecule has 3 aromatic rings. The van der Waals surface area contributed by atoms with E-state index in [1.807, 2.05) is 0 Å². The highest BCUT2D eigenvalue weighted by Crippen LogP contribution is 2.49. The third-order valence-electron chi connectivity index (χ3n) is 5.81. The molecule has 2 N–H and O–H groups in total. The van der Waals surface area contributed by atoms with E-state index in [0.717, 1.165) is 0 Å². The summed E-state index contributed by atoms with van der Waals surface area (Å²) in [6.45, 7) is 0. The number of alkyl halides is 3. The number of amides is 1. The van der Waals surface area contributed by atoms with Crippen LogP contribution in [0.5, 0.6) is 0 Å². The first-order valence-electron chi connectivity index (χ1n) is 10.4. The van der Waals surface area contributed by atoms with E-state index >= 15 is 0 Å². The highest BCUT2D eigenvalue weighted by atomic mass is 19.4. The zero-order valence-corrected chi connectivity index (χ0v) is 18.5. The largest absolute Gasteiger partial charge is 0.435 e. The van der Waals surface area contributed by atoms with Gasteiger partial charge in [0, 0.05) is 30.2 Å². The molecule has 3 aromatic carbocycles. The number of oxime groups is 2. The van der Waals surface area contributed by atoms with Gasteiger partial charge >= 0.3 is 6.18 Å². The number of hydrogen-bond donors (Lipinski definition) is 1. The molecular formula is C24H17F6N3O3. The summed E-state index contributed by atoms with van der Waals surface area (Å²) in [6, 6.07) is 8.20. The number of primary amides is 1. The van der Waals surface area contributed by atoms with Gasteiger partial charge in [-0.05, 0) is 34.5 Å². The average Bonchev–Trinajstić information content (AvgIpc) is 3.28. The van der Waals surface area contributed by atoms with Crippen molar-refractivity contribution in [1.29, 1.82) is 0 Å². The second kappa shape index (κ2) is 9.17. The molecule has 0 spiro atoms. The molecule has 0 saturated heterocycles. The second-order valence-electron chi connectivity index (χ2n) is 7.93. The van der Waals surface area contributed by atoms with Gasteiger partial charge in [-0.15, -0.1) is 0 Å². The molecule has 4 rings (SSSR count). The number of carbonyl (C=O) groups is 1. The van der Waals surface area contributed by atoms with E-state index in [0.29, 0.717) is 16.3 Å². The molecule has 1 atom stereocenters. The normalized spacial score (nSPS) is 17.9. The number of rotatable bonds is 6. The minimum atomic E-state index is -5.19. The monoisotopic (exact) mass is 509 g/mol. The minimum Gasteiger partial charge on any atom is -0.399 e. The van der Waals surface area contributed by atoms with Gasteiger partial charge in [0.25, 0.3) is 5.60 Å². The number of nitrogens with zero attached hydrogens (tertiary/aromatic N) is 2. The van der Waals surface area contributed by atoms with Crippen LogP contribution in [-0.4, -0.2) is 31.1 Å².